The molecule has 2 aromatic rings. The normalized spacial score (nSPS) is 11.8. The van der Waals surface area contributed by atoms with Crippen molar-refractivity contribution in [2.24, 2.45) is 0 Å². The van der Waals surface area contributed by atoms with Crippen LogP contribution in [0.4, 0.5) is 0 Å². The van der Waals surface area contributed by atoms with Crippen LogP contribution in [0.3, 0.4) is 0 Å². The predicted octanol–water partition coefficient (Wildman–Crippen LogP) is 3.50. The highest BCUT2D eigenvalue weighted by Gasteiger charge is 2.15. The molecular formula is C18H20ClNO3S. The summed E-state index contributed by atoms with van der Waals surface area (Å²) >= 11 is 6.04. The van der Waals surface area contributed by atoms with Crippen molar-refractivity contribution in [2.45, 2.75) is 12.3 Å². The molecule has 6 heteroatoms. The monoisotopic (exact) mass is 365 g/mol. The van der Waals surface area contributed by atoms with Gasteiger partial charge in [-0.05, 0) is 35.9 Å². The van der Waals surface area contributed by atoms with Gasteiger partial charge in [-0.25, -0.2) is 0 Å². The van der Waals surface area contributed by atoms with Crippen molar-refractivity contribution in [3.63, 3.8) is 0 Å². The van der Waals surface area contributed by atoms with Gasteiger partial charge in [-0.3, -0.25) is 9.00 Å². The molecule has 1 amide bonds. The van der Waals surface area contributed by atoms with Gasteiger partial charge >= 0.3 is 0 Å². The molecule has 0 aromatic heterocycles. The van der Waals surface area contributed by atoms with E-state index < -0.39 is 10.8 Å². The first-order valence-electron chi connectivity index (χ1n) is 7.37. The minimum atomic E-state index is -0.943. The summed E-state index contributed by atoms with van der Waals surface area (Å²) in [6.45, 7) is 0.381. The van der Waals surface area contributed by atoms with Gasteiger partial charge in [0.2, 0.25) is 0 Å². The number of methoxy groups -OCH3 is 1. The van der Waals surface area contributed by atoms with Crippen molar-refractivity contribution < 1.29 is 13.7 Å². The molecule has 0 aliphatic rings. The Balaban J connectivity index is 2.18. The van der Waals surface area contributed by atoms with Crippen LogP contribution in [0.15, 0.2) is 42.5 Å². The number of hydrogen-bond donors (Lipinski definition) is 0. The molecule has 0 fully saturated rings. The van der Waals surface area contributed by atoms with Crippen molar-refractivity contribution in [1.82, 2.24) is 4.90 Å². The maximum Gasteiger partial charge on any atom is 0.253 e. The SMILES string of the molecule is COc1ccc(Cl)cc1CN(C)C(=O)c1cccc(CS(C)=O)c1. The summed E-state index contributed by atoms with van der Waals surface area (Å²) in [5.74, 6) is 1.02. The van der Waals surface area contributed by atoms with Gasteiger partial charge in [0.15, 0.2) is 0 Å². The lowest BCUT2D eigenvalue weighted by molar-refractivity contribution is 0.0784. The third-order valence-electron chi connectivity index (χ3n) is 3.54. The number of halogens is 1. The zero-order valence-corrected chi connectivity index (χ0v) is 15.5. The summed E-state index contributed by atoms with van der Waals surface area (Å²) in [6, 6.07) is 12.6. The van der Waals surface area contributed by atoms with E-state index in [1.807, 2.05) is 12.1 Å². The first-order chi connectivity index (χ1) is 11.4. The average molecular weight is 366 g/mol. The third-order valence-corrected chi connectivity index (χ3v) is 4.52. The van der Waals surface area contributed by atoms with Crippen molar-refractivity contribution in [3.8, 4) is 5.75 Å². The predicted molar refractivity (Wildman–Crippen MR) is 98.0 cm³/mol. The molecule has 0 aliphatic heterocycles. The van der Waals surface area contributed by atoms with Gasteiger partial charge < -0.3 is 9.64 Å². The molecule has 0 saturated carbocycles. The van der Waals surface area contributed by atoms with E-state index in [2.05, 4.69) is 0 Å². The third kappa shape index (κ3) is 4.82. The molecule has 4 nitrogen and oxygen atoms in total. The van der Waals surface area contributed by atoms with Crippen molar-refractivity contribution in [1.29, 1.82) is 0 Å². The van der Waals surface area contributed by atoms with E-state index >= 15 is 0 Å². The lowest BCUT2D eigenvalue weighted by atomic mass is 10.1. The van der Waals surface area contributed by atoms with Gasteiger partial charge in [0.05, 0.1) is 7.11 Å². The molecule has 0 N–H and O–H groups in total. The highest BCUT2D eigenvalue weighted by Crippen LogP contribution is 2.24. The average Bonchev–Trinajstić information content (AvgIpc) is 2.54. The topological polar surface area (TPSA) is 46.6 Å². The Labute approximate surface area is 149 Å². The Morgan fingerprint density at radius 2 is 2.00 bits per heavy atom. The minimum absolute atomic E-state index is 0.110. The number of nitrogens with zero attached hydrogens (tertiary/aromatic N) is 1. The van der Waals surface area contributed by atoms with Crippen LogP contribution < -0.4 is 4.74 Å². The Kier molecular flexibility index (Phi) is 6.40. The molecule has 0 saturated heterocycles. The molecule has 1 atom stereocenters. The maximum atomic E-state index is 12.6. The number of amides is 1. The second-order valence-corrected chi connectivity index (χ2v) is 7.41. The van der Waals surface area contributed by atoms with Crippen LogP contribution in [0.2, 0.25) is 5.02 Å². The van der Waals surface area contributed by atoms with Gasteiger partial charge in [-0.1, -0.05) is 23.7 Å². The van der Waals surface area contributed by atoms with Crippen LogP contribution in [0.1, 0.15) is 21.5 Å². The maximum absolute atomic E-state index is 12.6. The van der Waals surface area contributed by atoms with E-state index in [4.69, 9.17) is 16.3 Å². The Hall–Kier alpha value is -1.85. The standard InChI is InChI=1S/C18H20ClNO3S/c1-20(11-15-10-16(19)7-8-17(15)23-2)18(21)14-6-4-5-13(9-14)12-24(3)22/h4-10H,11-12H2,1-3H3. The largest absolute Gasteiger partial charge is 0.496 e. The summed E-state index contributed by atoms with van der Waals surface area (Å²) < 4.78 is 16.7. The summed E-state index contributed by atoms with van der Waals surface area (Å²) in [5, 5.41) is 0.596. The van der Waals surface area contributed by atoms with Crippen LogP contribution in [-0.4, -0.2) is 35.4 Å². The van der Waals surface area contributed by atoms with Crippen LogP contribution in [-0.2, 0) is 23.1 Å². The van der Waals surface area contributed by atoms with Gasteiger partial charge in [0.25, 0.3) is 5.91 Å². The molecule has 1 unspecified atom stereocenters. The fourth-order valence-corrected chi connectivity index (χ4v) is 3.29. The molecule has 0 aliphatic carbocycles. The van der Waals surface area contributed by atoms with Gasteiger partial charge in [0.1, 0.15) is 5.75 Å². The van der Waals surface area contributed by atoms with E-state index in [1.54, 1.807) is 55.6 Å². The highest BCUT2D eigenvalue weighted by molar-refractivity contribution is 7.83. The second-order valence-electron chi connectivity index (χ2n) is 5.54. The first kappa shape index (κ1) is 18.5. The number of carbonyl (C=O) groups excluding carboxylic acids is 1. The molecule has 2 rings (SSSR count). The summed E-state index contributed by atoms with van der Waals surface area (Å²) in [6.07, 6.45) is 1.64. The number of benzene rings is 2. The molecule has 24 heavy (non-hydrogen) atoms. The Bertz CT molecular complexity index is 764. The zero-order chi connectivity index (χ0) is 17.7. The number of ether oxygens (including phenoxy) is 1. The molecule has 0 bridgehead atoms. The second kappa shape index (κ2) is 8.31. The van der Waals surface area contributed by atoms with Crippen molar-refractivity contribution in [2.75, 3.05) is 20.4 Å². The van der Waals surface area contributed by atoms with E-state index in [9.17, 15) is 9.00 Å². The van der Waals surface area contributed by atoms with E-state index in [0.29, 0.717) is 28.6 Å². The lowest BCUT2D eigenvalue weighted by Gasteiger charge is -2.19. The molecule has 0 heterocycles. The van der Waals surface area contributed by atoms with Gasteiger partial charge in [0, 0.05) is 52.6 Å². The van der Waals surface area contributed by atoms with E-state index in [0.717, 1.165) is 11.1 Å². The summed E-state index contributed by atoms with van der Waals surface area (Å²) in [4.78, 5) is 14.3. The van der Waals surface area contributed by atoms with E-state index in [-0.39, 0.29) is 5.91 Å². The highest BCUT2D eigenvalue weighted by atomic mass is 35.5. The molecular weight excluding hydrogens is 346 g/mol. The van der Waals surface area contributed by atoms with Gasteiger partial charge in [-0.15, -0.1) is 0 Å². The molecule has 0 radical (unpaired) electrons. The Morgan fingerprint density at radius 3 is 2.67 bits per heavy atom. The van der Waals surface area contributed by atoms with Gasteiger partial charge in [-0.2, -0.15) is 0 Å². The summed E-state index contributed by atoms with van der Waals surface area (Å²) in [7, 11) is 2.37. The molecule has 2 aromatic carbocycles. The van der Waals surface area contributed by atoms with Crippen LogP contribution >= 0.6 is 11.6 Å². The minimum Gasteiger partial charge on any atom is -0.496 e. The van der Waals surface area contributed by atoms with Crippen molar-refractivity contribution in [3.05, 3.63) is 64.2 Å². The number of hydrogen-bond acceptors (Lipinski definition) is 3. The quantitative estimate of drug-likeness (QED) is 0.787. The van der Waals surface area contributed by atoms with Crippen LogP contribution in [0.5, 0.6) is 5.75 Å². The number of carbonyl (C=O) groups is 1. The fraction of sp³-hybridized carbons (Fsp3) is 0.278. The molecule has 0 spiro atoms. The van der Waals surface area contributed by atoms with Crippen LogP contribution in [0.25, 0.3) is 0 Å². The Morgan fingerprint density at radius 1 is 1.25 bits per heavy atom. The molecule has 128 valence electrons. The van der Waals surface area contributed by atoms with E-state index in [1.165, 1.54) is 0 Å². The van der Waals surface area contributed by atoms with Crippen molar-refractivity contribution >= 4 is 28.3 Å². The lowest BCUT2D eigenvalue weighted by Crippen LogP contribution is -2.26. The number of rotatable bonds is 6. The van der Waals surface area contributed by atoms with Crippen LogP contribution in [0, 0.1) is 0 Å². The first-order valence-corrected chi connectivity index (χ1v) is 9.48. The smallest absolute Gasteiger partial charge is 0.253 e. The fourth-order valence-electron chi connectivity index (χ4n) is 2.45. The zero-order valence-electron chi connectivity index (χ0n) is 13.9. The summed E-state index contributed by atoms with van der Waals surface area (Å²) in [5.41, 5.74) is 2.29.